The molecule has 58 valence electrons. The molecule has 0 amide bonds. The molecule has 3 nitrogen and oxygen atoms in total. The van der Waals surface area contributed by atoms with Crippen LogP contribution in [0.15, 0.2) is 17.4 Å². The van der Waals surface area contributed by atoms with E-state index in [-0.39, 0.29) is 0 Å². The van der Waals surface area contributed by atoms with Gasteiger partial charge in [-0.15, -0.1) is 0 Å². The molecule has 0 N–H and O–H groups in total. The minimum atomic E-state index is 0.619. The molecule has 0 radical (unpaired) electrons. The van der Waals surface area contributed by atoms with Gasteiger partial charge in [-0.05, 0) is 12.2 Å². The highest BCUT2D eigenvalue weighted by Gasteiger charge is 2.10. The van der Waals surface area contributed by atoms with Crippen molar-refractivity contribution in [3.05, 3.63) is 28.5 Å². The highest BCUT2D eigenvalue weighted by molar-refractivity contribution is 5.53. The number of nitrogens with zero attached hydrogens (tertiary/aromatic N) is 2. The largest absolute Gasteiger partial charge is 0.473 e. The second-order valence-electron chi connectivity index (χ2n) is 2.74. The summed E-state index contributed by atoms with van der Waals surface area (Å²) in [5, 5.41) is 2.04. The maximum absolute atomic E-state index is 5.27. The Morgan fingerprint density at radius 1 is 1.42 bits per heavy atom. The number of hydrogen-bond donors (Lipinski definition) is 0. The standard InChI is InChI=1S/C9H6N2O/c1-3-10-8-6(1)5-11-9-7(8)2-4-12-9/h1-3,5H,4H2. The quantitative estimate of drug-likeness (QED) is 0.526. The molecule has 3 heteroatoms. The average molecular weight is 158 g/mol. The summed E-state index contributed by atoms with van der Waals surface area (Å²) < 4.78 is 5.27. The Balaban J connectivity index is 2.54. The van der Waals surface area contributed by atoms with Gasteiger partial charge in [0, 0.05) is 18.0 Å². The molecule has 0 bridgehead atoms. The number of pyridine rings is 1. The fourth-order valence-electron chi connectivity index (χ4n) is 1.48. The van der Waals surface area contributed by atoms with Crippen molar-refractivity contribution in [2.45, 2.75) is 0 Å². The van der Waals surface area contributed by atoms with E-state index in [0.717, 1.165) is 16.1 Å². The van der Waals surface area contributed by atoms with Crippen LogP contribution in [0.2, 0.25) is 0 Å². The van der Waals surface area contributed by atoms with Crippen molar-refractivity contribution in [3.63, 3.8) is 0 Å². The SMILES string of the molecule is C1=Cc2cnc3c(c2=N1)=CCO3. The number of hydrogen-bond acceptors (Lipinski definition) is 3. The molecular formula is C9H6N2O. The van der Waals surface area contributed by atoms with Crippen molar-refractivity contribution in [3.8, 4) is 5.88 Å². The van der Waals surface area contributed by atoms with Gasteiger partial charge in [-0.25, -0.2) is 4.98 Å². The third kappa shape index (κ3) is 0.605. The van der Waals surface area contributed by atoms with Crippen LogP contribution in [0, 0.1) is 0 Å². The maximum atomic E-state index is 5.27. The topological polar surface area (TPSA) is 34.5 Å². The molecule has 0 saturated heterocycles. The van der Waals surface area contributed by atoms with E-state index in [0.29, 0.717) is 12.5 Å². The molecule has 0 aliphatic carbocycles. The summed E-state index contributed by atoms with van der Waals surface area (Å²) in [6.07, 6.45) is 7.55. The van der Waals surface area contributed by atoms with Crippen LogP contribution >= 0.6 is 0 Å². The van der Waals surface area contributed by atoms with Crippen molar-refractivity contribution in [2.75, 3.05) is 6.61 Å². The van der Waals surface area contributed by atoms with Crippen LogP contribution in [0.3, 0.4) is 0 Å². The van der Waals surface area contributed by atoms with Gasteiger partial charge in [0.25, 0.3) is 0 Å². The van der Waals surface area contributed by atoms with Crippen LogP contribution in [-0.4, -0.2) is 11.6 Å². The molecule has 2 aliphatic heterocycles. The van der Waals surface area contributed by atoms with Gasteiger partial charge in [-0.1, -0.05) is 0 Å². The Hall–Kier alpha value is -1.64. The molecule has 3 rings (SSSR count). The second-order valence-corrected chi connectivity index (χ2v) is 2.74. The molecule has 12 heavy (non-hydrogen) atoms. The average Bonchev–Trinajstić information content (AvgIpc) is 2.71. The first-order valence-corrected chi connectivity index (χ1v) is 3.81. The van der Waals surface area contributed by atoms with Gasteiger partial charge in [0.1, 0.15) is 6.61 Å². The van der Waals surface area contributed by atoms with E-state index in [1.54, 1.807) is 12.4 Å². The van der Waals surface area contributed by atoms with E-state index in [1.165, 1.54) is 0 Å². The predicted molar refractivity (Wildman–Crippen MR) is 44.0 cm³/mol. The minimum Gasteiger partial charge on any atom is -0.473 e. The van der Waals surface area contributed by atoms with Gasteiger partial charge in [-0.2, -0.15) is 0 Å². The Labute approximate surface area is 68.7 Å². The molecular weight excluding hydrogens is 152 g/mol. The molecule has 0 spiro atoms. The normalized spacial score (nSPS) is 16.0. The Kier molecular flexibility index (Phi) is 0.961. The summed E-state index contributed by atoms with van der Waals surface area (Å²) in [5.74, 6) is 0.709. The van der Waals surface area contributed by atoms with Gasteiger partial charge in [0.2, 0.25) is 5.88 Å². The van der Waals surface area contributed by atoms with E-state index < -0.39 is 0 Å². The lowest BCUT2D eigenvalue weighted by atomic mass is 10.2. The van der Waals surface area contributed by atoms with Gasteiger partial charge >= 0.3 is 0 Å². The van der Waals surface area contributed by atoms with Crippen molar-refractivity contribution >= 4 is 12.2 Å². The fraction of sp³-hybridized carbons (Fsp3) is 0.111. The van der Waals surface area contributed by atoms with E-state index in [2.05, 4.69) is 9.98 Å². The summed E-state index contributed by atoms with van der Waals surface area (Å²) in [5.41, 5.74) is 1.08. The third-order valence-electron chi connectivity index (χ3n) is 2.05. The van der Waals surface area contributed by atoms with Crippen LogP contribution in [-0.2, 0) is 0 Å². The lowest BCUT2D eigenvalue weighted by Gasteiger charge is -1.95. The van der Waals surface area contributed by atoms with E-state index in [4.69, 9.17) is 4.74 Å². The molecule has 0 unspecified atom stereocenters. The second kappa shape index (κ2) is 1.94. The van der Waals surface area contributed by atoms with Gasteiger partial charge in [0.15, 0.2) is 0 Å². The predicted octanol–water partition coefficient (Wildman–Crippen LogP) is -0.142. The first-order chi connectivity index (χ1) is 5.95. The van der Waals surface area contributed by atoms with Crippen LogP contribution in [0.5, 0.6) is 5.88 Å². The summed E-state index contributed by atoms with van der Waals surface area (Å²) >= 11 is 0. The zero-order valence-electron chi connectivity index (χ0n) is 6.32. The lowest BCUT2D eigenvalue weighted by Crippen LogP contribution is -2.25. The first kappa shape index (κ1) is 5.94. The number of fused-ring (bicyclic) bond motifs is 3. The summed E-state index contributed by atoms with van der Waals surface area (Å²) in [6, 6.07) is 0. The van der Waals surface area contributed by atoms with E-state index in [9.17, 15) is 0 Å². The Morgan fingerprint density at radius 3 is 3.42 bits per heavy atom. The Morgan fingerprint density at radius 2 is 2.42 bits per heavy atom. The molecule has 3 heterocycles. The van der Waals surface area contributed by atoms with E-state index in [1.807, 2.05) is 12.2 Å². The van der Waals surface area contributed by atoms with Crippen molar-refractivity contribution in [1.82, 2.24) is 4.98 Å². The van der Waals surface area contributed by atoms with Crippen LogP contribution in [0.4, 0.5) is 0 Å². The van der Waals surface area contributed by atoms with Crippen LogP contribution < -0.4 is 15.3 Å². The molecule has 0 saturated carbocycles. The Bertz CT molecular complexity index is 488. The zero-order valence-corrected chi connectivity index (χ0v) is 6.32. The van der Waals surface area contributed by atoms with Gasteiger partial charge < -0.3 is 4.74 Å². The fourth-order valence-corrected chi connectivity index (χ4v) is 1.48. The van der Waals surface area contributed by atoms with Crippen molar-refractivity contribution < 1.29 is 4.74 Å². The molecule has 1 aromatic heterocycles. The maximum Gasteiger partial charge on any atom is 0.223 e. The van der Waals surface area contributed by atoms with Crippen LogP contribution in [0.1, 0.15) is 5.56 Å². The lowest BCUT2D eigenvalue weighted by molar-refractivity contribution is 0.370. The zero-order chi connectivity index (χ0) is 7.97. The number of rotatable bonds is 0. The van der Waals surface area contributed by atoms with Crippen molar-refractivity contribution in [2.24, 2.45) is 4.99 Å². The third-order valence-corrected chi connectivity index (χ3v) is 2.05. The molecule has 0 atom stereocenters. The van der Waals surface area contributed by atoms with Gasteiger partial charge in [-0.3, -0.25) is 4.99 Å². The van der Waals surface area contributed by atoms with E-state index >= 15 is 0 Å². The molecule has 0 fully saturated rings. The summed E-state index contributed by atoms with van der Waals surface area (Å²) in [4.78, 5) is 8.41. The highest BCUT2D eigenvalue weighted by Crippen LogP contribution is 2.05. The monoisotopic (exact) mass is 158 g/mol. The molecule has 1 aromatic rings. The number of aromatic nitrogens is 1. The molecule has 0 aromatic carbocycles. The smallest absolute Gasteiger partial charge is 0.223 e. The summed E-state index contributed by atoms with van der Waals surface area (Å²) in [6.45, 7) is 0.619. The van der Waals surface area contributed by atoms with Crippen LogP contribution in [0.25, 0.3) is 12.2 Å². The minimum absolute atomic E-state index is 0.619. The van der Waals surface area contributed by atoms with Crippen molar-refractivity contribution in [1.29, 1.82) is 0 Å². The summed E-state index contributed by atoms with van der Waals surface area (Å²) in [7, 11) is 0. The highest BCUT2D eigenvalue weighted by atomic mass is 16.5. The number of ether oxygens (including phenoxy) is 1. The molecule has 2 aliphatic rings. The van der Waals surface area contributed by atoms with Gasteiger partial charge in [0.05, 0.1) is 10.6 Å². The first-order valence-electron chi connectivity index (χ1n) is 3.81.